The molecule has 4 aromatic rings. The third kappa shape index (κ3) is 5.53. The van der Waals surface area contributed by atoms with Crippen molar-refractivity contribution in [2.75, 3.05) is 31.1 Å². The molecular formula is C30H39N7. The van der Waals surface area contributed by atoms with Gasteiger partial charge in [0.1, 0.15) is 11.6 Å². The van der Waals surface area contributed by atoms with E-state index < -0.39 is 0 Å². The molecule has 7 nitrogen and oxygen atoms in total. The lowest BCUT2D eigenvalue weighted by molar-refractivity contribution is 0.246. The zero-order valence-electron chi connectivity index (χ0n) is 22.7. The number of anilines is 1. The van der Waals surface area contributed by atoms with Crippen molar-refractivity contribution in [1.29, 1.82) is 0 Å². The molecular weight excluding hydrogens is 458 g/mol. The number of benzene rings is 2. The van der Waals surface area contributed by atoms with E-state index in [1.807, 2.05) is 12.3 Å². The minimum atomic E-state index is -0.131. The van der Waals surface area contributed by atoms with Crippen molar-refractivity contribution in [3.05, 3.63) is 71.8 Å². The average Bonchev–Trinajstić information content (AvgIpc) is 3.33. The molecule has 1 aliphatic heterocycles. The number of nitrogens with zero attached hydrogens (tertiary/aromatic N) is 5. The molecule has 37 heavy (non-hydrogen) atoms. The summed E-state index contributed by atoms with van der Waals surface area (Å²) in [5, 5.41) is 0. The van der Waals surface area contributed by atoms with E-state index in [9.17, 15) is 0 Å². The predicted octanol–water partition coefficient (Wildman–Crippen LogP) is 5.30. The summed E-state index contributed by atoms with van der Waals surface area (Å²) in [7, 11) is 0. The van der Waals surface area contributed by atoms with E-state index in [0.717, 1.165) is 66.7 Å². The first kappa shape index (κ1) is 25.4. The fourth-order valence-electron chi connectivity index (χ4n) is 4.88. The molecule has 3 heterocycles. The van der Waals surface area contributed by atoms with Crippen LogP contribution in [0.1, 0.15) is 57.7 Å². The smallest absolute Gasteiger partial charge is 0.145 e. The minimum Gasteiger partial charge on any atom is -0.367 e. The van der Waals surface area contributed by atoms with E-state index >= 15 is 0 Å². The molecule has 2 aromatic heterocycles. The van der Waals surface area contributed by atoms with Gasteiger partial charge in [0.25, 0.3) is 0 Å². The van der Waals surface area contributed by atoms with E-state index in [2.05, 4.69) is 96.9 Å². The zero-order valence-corrected chi connectivity index (χ0v) is 22.7. The highest BCUT2D eigenvalue weighted by molar-refractivity contribution is 5.91. The van der Waals surface area contributed by atoms with E-state index in [4.69, 9.17) is 15.7 Å². The van der Waals surface area contributed by atoms with Gasteiger partial charge in [0.2, 0.25) is 0 Å². The van der Waals surface area contributed by atoms with Crippen LogP contribution in [0, 0.1) is 5.92 Å². The molecule has 3 N–H and O–H groups in total. The number of hydrogen-bond acceptors (Lipinski definition) is 6. The lowest BCUT2D eigenvalue weighted by Crippen LogP contribution is -2.46. The van der Waals surface area contributed by atoms with Crippen molar-refractivity contribution in [3.63, 3.8) is 0 Å². The number of H-pyrrole nitrogens is 1. The molecule has 1 fully saturated rings. The molecule has 0 aliphatic carbocycles. The fraction of sp³-hybridized carbons (Fsp3) is 0.433. The van der Waals surface area contributed by atoms with Gasteiger partial charge < -0.3 is 15.6 Å². The molecule has 7 heteroatoms. The first-order valence-corrected chi connectivity index (χ1v) is 13.3. The van der Waals surface area contributed by atoms with Gasteiger partial charge in [-0.3, -0.25) is 4.90 Å². The normalized spacial score (nSPS) is 16.0. The second kappa shape index (κ2) is 10.2. The van der Waals surface area contributed by atoms with Gasteiger partial charge >= 0.3 is 0 Å². The Morgan fingerprint density at radius 2 is 1.68 bits per heavy atom. The third-order valence-corrected chi connectivity index (χ3v) is 7.37. The number of fused-ring (bicyclic) bond motifs is 1. The van der Waals surface area contributed by atoms with Crippen LogP contribution in [0.3, 0.4) is 0 Å². The molecule has 1 atom stereocenters. The maximum Gasteiger partial charge on any atom is 0.145 e. The van der Waals surface area contributed by atoms with Crippen LogP contribution in [0.15, 0.2) is 54.7 Å². The van der Waals surface area contributed by atoms with Crippen molar-refractivity contribution in [1.82, 2.24) is 24.8 Å². The van der Waals surface area contributed by atoms with Gasteiger partial charge in [0, 0.05) is 44.5 Å². The molecule has 0 spiro atoms. The van der Waals surface area contributed by atoms with Gasteiger partial charge in [-0.15, -0.1) is 0 Å². The summed E-state index contributed by atoms with van der Waals surface area (Å²) in [6.45, 7) is 15.6. The molecule has 5 rings (SSSR count). The standard InChI is InChI=1S/C30H39N7/c1-20(2)26(31)29-32-14-13-23(33-29)19-36-15-17-37(18-16-36)25-8-6-7-24-27(25)35-28(34-24)21-9-11-22(12-10-21)30(3,4)5/h6-14,20,26H,15-19,31H2,1-5H3,(H,34,35). The van der Waals surface area contributed by atoms with E-state index in [1.165, 1.54) is 11.3 Å². The molecule has 0 amide bonds. The third-order valence-electron chi connectivity index (χ3n) is 7.37. The lowest BCUT2D eigenvalue weighted by atomic mass is 9.87. The first-order chi connectivity index (χ1) is 17.7. The Morgan fingerprint density at radius 1 is 0.946 bits per heavy atom. The zero-order chi connectivity index (χ0) is 26.2. The Morgan fingerprint density at radius 3 is 2.35 bits per heavy atom. The largest absolute Gasteiger partial charge is 0.367 e. The monoisotopic (exact) mass is 497 g/mol. The number of rotatable bonds is 6. The van der Waals surface area contributed by atoms with Crippen molar-refractivity contribution >= 4 is 16.7 Å². The Kier molecular flexibility index (Phi) is 7.01. The minimum absolute atomic E-state index is 0.131. The maximum absolute atomic E-state index is 6.28. The molecule has 1 aliphatic rings. The van der Waals surface area contributed by atoms with Gasteiger partial charge in [-0.25, -0.2) is 15.0 Å². The van der Waals surface area contributed by atoms with Crippen LogP contribution < -0.4 is 10.6 Å². The Labute approximate surface area is 220 Å². The second-order valence-electron chi connectivity index (χ2n) is 11.5. The summed E-state index contributed by atoms with van der Waals surface area (Å²) < 4.78 is 0. The summed E-state index contributed by atoms with van der Waals surface area (Å²) in [5.41, 5.74) is 13.2. The topological polar surface area (TPSA) is 87.0 Å². The van der Waals surface area contributed by atoms with E-state index in [1.54, 1.807) is 0 Å². The summed E-state index contributed by atoms with van der Waals surface area (Å²) in [5.74, 6) is 1.97. The summed E-state index contributed by atoms with van der Waals surface area (Å²) in [4.78, 5) is 22.6. The summed E-state index contributed by atoms with van der Waals surface area (Å²) >= 11 is 0. The van der Waals surface area contributed by atoms with E-state index in [-0.39, 0.29) is 11.5 Å². The van der Waals surface area contributed by atoms with Crippen LogP contribution >= 0.6 is 0 Å². The fourth-order valence-corrected chi connectivity index (χ4v) is 4.88. The van der Waals surface area contributed by atoms with Crippen LogP contribution in [0.25, 0.3) is 22.4 Å². The van der Waals surface area contributed by atoms with Gasteiger partial charge in [-0.05, 0) is 35.1 Å². The Balaban J connectivity index is 1.28. The van der Waals surface area contributed by atoms with Crippen molar-refractivity contribution in [2.45, 2.75) is 52.6 Å². The average molecular weight is 498 g/mol. The molecule has 1 saturated heterocycles. The number of para-hydroxylation sites is 1. The van der Waals surface area contributed by atoms with Crippen LogP contribution in [0.5, 0.6) is 0 Å². The molecule has 1 unspecified atom stereocenters. The summed E-state index contributed by atoms with van der Waals surface area (Å²) in [6.07, 6.45) is 1.84. The van der Waals surface area contributed by atoms with Crippen molar-refractivity contribution < 1.29 is 0 Å². The van der Waals surface area contributed by atoms with Crippen molar-refractivity contribution in [3.8, 4) is 11.4 Å². The molecule has 194 valence electrons. The number of piperazine rings is 1. The number of nitrogens with one attached hydrogen (secondary N) is 1. The van der Waals surface area contributed by atoms with Gasteiger partial charge in [0.15, 0.2) is 0 Å². The number of nitrogens with two attached hydrogens (primary N) is 1. The maximum atomic E-state index is 6.28. The van der Waals surface area contributed by atoms with Crippen LogP contribution in [0.2, 0.25) is 0 Å². The highest BCUT2D eigenvalue weighted by atomic mass is 15.3. The quantitative estimate of drug-likeness (QED) is 0.376. The highest BCUT2D eigenvalue weighted by Crippen LogP contribution is 2.30. The predicted molar refractivity (Wildman–Crippen MR) is 152 cm³/mol. The number of aromatic amines is 1. The number of aromatic nitrogens is 4. The number of hydrogen-bond donors (Lipinski definition) is 2. The highest BCUT2D eigenvalue weighted by Gasteiger charge is 2.22. The van der Waals surface area contributed by atoms with Crippen LogP contribution in [0.4, 0.5) is 5.69 Å². The van der Waals surface area contributed by atoms with Crippen LogP contribution in [-0.4, -0.2) is 51.0 Å². The SMILES string of the molecule is CC(C)C(N)c1nccc(CN2CCN(c3cccc4nc(-c5ccc(C(C)(C)C)cc5)[nH]c34)CC2)n1. The van der Waals surface area contributed by atoms with Crippen molar-refractivity contribution in [2.24, 2.45) is 11.7 Å². The molecule has 0 saturated carbocycles. The van der Waals surface area contributed by atoms with Crippen LogP contribution in [-0.2, 0) is 12.0 Å². The summed E-state index contributed by atoms with van der Waals surface area (Å²) in [6, 6.07) is 17.0. The van der Waals surface area contributed by atoms with E-state index in [0.29, 0.717) is 5.92 Å². The van der Waals surface area contributed by atoms with Gasteiger partial charge in [0.05, 0.1) is 28.5 Å². The van der Waals surface area contributed by atoms with Gasteiger partial charge in [-0.1, -0.05) is 65.0 Å². The molecule has 0 bridgehead atoms. The number of imidazole rings is 1. The first-order valence-electron chi connectivity index (χ1n) is 13.3. The Bertz CT molecular complexity index is 1340. The van der Waals surface area contributed by atoms with Gasteiger partial charge in [-0.2, -0.15) is 0 Å². The second-order valence-corrected chi connectivity index (χ2v) is 11.5. The molecule has 2 aromatic carbocycles. The molecule has 0 radical (unpaired) electrons. The Hall–Kier alpha value is -3.29. The lowest BCUT2D eigenvalue weighted by Gasteiger charge is -2.36.